The predicted molar refractivity (Wildman–Crippen MR) is 75.7 cm³/mol. The van der Waals surface area contributed by atoms with Crippen molar-refractivity contribution in [2.45, 2.75) is 25.1 Å². The molecule has 19 heavy (non-hydrogen) atoms. The highest BCUT2D eigenvalue weighted by atomic mass is 79.9. The largest absolute Gasteiger partial charge is 0.366 e. The monoisotopic (exact) mass is 324 g/mol. The first-order valence-corrected chi connectivity index (χ1v) is 7.38. The molecule has 5 heteroatoms. The van der Waals surface area contributed by atoms with Crippen LogP contribution in [0.25, 0.3) is 0 Å². The van der Waals surface area contributed by atoms with Crippen LogP contribution in [-0.4, -0.2) is 42.6 Å². The van der Waals surface area contributed by atoms with Crippen LogP contribution in [0.1, 0.15) is 12.0 Å². The summed E-state index contributed by atoms with van der Waals surface area (Å²) in [5.41, 5.74) is 1.29. The van der Waals surface area contributed by atoms with Crippen molar-refractivity contribution in [3.63, 3.8) is 0 Å². The summed E-state index contributed by atoms with van der Waals surface area (Å²) in [5.74, 6) is 0.00514. The quantitative estimate of drug-likeness (QED) is 0.897. The van der Waals surface area contributed by atoms with Crippen molar-refractivity contribution >= 4 is 21.8 Å². The van der Waals surface area contributed by atoms with Crippen LogP contribution in [0.3, 0.4) is 0 Å². The lowest BCUT2D eigenvalue weighted by Gasteiger charge is -2.41. The molecule has 0 radical (unpaired) electrons. The van der Waals surface area contributed by atoms with E-state index >= 15 is 0 Å². The van der Waals surface area contributed by atoms with E-state index in [9.17, 15) is 4.79 Å². The maximum absolute atomic E-state index is 11.4. The van der Waals surface area contributed by atoms with Gasteiger partial charge >= 0.3 is 0 Å². The molecule has 2 fully saturated rings. The summed E-state index contributed by atoms with van der Waals surface area (Å²) in [6, 6.07) is 8.50. The van der Waals surface area contributed by atoms with E-state index in [0.717, 1.165) is 30.5 Å². The second-order valence-corrected chi connectivity index (χ2v) is 6.09. The van der Waals surface area contributed by atoms with Crippen molar-refractivity contribution in [1.29, 1.82) is 0 Å². The number of hydrogen-bond donors (Lipinski definition) is 1. The number of nitrogens with zero attached hydrogens (tertiary/aromatic N) is 1. The Morgan fingerprint density at radius 3 is 3.21 bits per heavy atom. The average Bonchev–Trinajstić information content (AvgIpc) is 2.38. The van der Waals surface area contributed by atoms with E-state index in [0.29, 0.717) is 0 Å². The van der Waals surface area contributed by atoms with Crippen LogP contribution in [0.15, 0.2) is 28.7 Å². The molecule has 0 unspecified atom stereocenters. The van der Waals surface area contributed by atoms with Crippen molar-refractivity contribution in [2.24, 2.45) is 0 Å². The molecule has 0 aliphatic carbocycles. The summed E-state index contributed by atoms with van der Waals surface area (Å²) in [5, 5.41) is 3.03. The van der Waals surface area contributed by atoms with Crippen LogP contribution in [0.2, 0.25) is 0 Å². The number of fused-ring (bicyclic) bond motifs is 1. The number of ether oxygens (including phenoxy) is 1. The standard InChI is InChI=1S/C14H17BrN2O2/c15-11-3-1-2-10(6-11)7-17-5-4-13-12(8-17)16-14(18)9-19-13/h1-3,6,12-13H,4-5,7-9H2,(H,16,18)/t12-,13+/m0/s1. The number of hydrogen-bond acceptors (Lipinski definition) is 3. The molecule has 2 heterocycles. The maximum Gasteiger partial charge on any atom is 0.246 e. The molecule has 1 aromatic rings. The SMILES string of the molecule is O=C1CO[C@@H]2CCN(Cc3cccc(Br)c3)C[C@@H]2N1. The van der Waals surface area contributed by atoms with E-state index in [-0.39, 0.29) is 24.7 Å². The number of benzene rings is 1. The van der Waals surface area contributed by atoms with Gasteiger partial charge < -0.3 is 10.1 Å². The van der Waals surface area contributed by atoms with Crippen LogP contribution in [0, 0.1) is 0 Å². The van der Waals surface area contributed by atoms with E-state index in [2.05, 4.69) is 44.3 Å². The average molecular weight is 325 g/mol. The first kappa shape index (κ1) is 13.1. The second kappa shape index (κ2) is 5.61. The van der Waals surface area contributed by atoms with Gasteiger partial charge in [-0.1, -0.05) is 28.1 Å². The Kier molecular flexibility index (Phi) is 3.86. The van der Waals surface area contributed by atoms with E-state index in [1.54, 1.807) is 0 Å². The molecule has 0 aromatic heterocycles. The third-order valence-electron chi connectivity index (χ3n) is 3.70. The van der Waals surface area contributed by atoms with Gasteiger partial charge in [0.15, 0.2) is 0 Å². The van der Waals surface area contributed by atoms with Gasteiger partial charge in [-0.15, -0.1) is 0 Å². The Bertz CT molecular complexity index is 480. The van der Waals surface area contributed by atoms with Crippen LogP contribution in [0.4, 0.5) is 0 Å². The van der Waals surface area contributed by atoms with Gasteiger partial charge in [-0.2, -0.15) is 0 Å². The third kappa shape index (κ3) is 3.16. The zero-order chi connectivity index (χ0) is 13.2. The highest BCUT2D eigenvalue weighted by Crippen LogP contribution is 2.20. The highest BCUT2D eigenvalue weighted by molar-refractivity contribution is 9.10. The van der Waals surface area contributed by atoms with Gasteiger partial charge in [0.25, 0.3) is 0 Å². The number of rotatable bonds is 2. The van der Waals surface area contributed by atoms with Crippen molar-refractivity contribution in [3.05, 3.63) is 34.3 Å². The number of piperidine rings is 1. The summed E-state index contributed by atoms with van der Waals surface area (Å²) in [6.07, 6.45) is 1.18. The van der Waals surface area contributed by atoms with Gasteiger partial charge in [0.1, 0.15) is 6.61 Å². The fourth-order valence-corrected chi connectivity index (χ4v) is 3.25. The number of morpholine rings is 1. The zero-order valence-electron chi connectivity index (χ0n) is 10.6. The first-order chi connectivity index (χ1) is 9.20. The second-order valence-electron chi connectivity index (χ2n) is 5.18. The van der Waals surface area contributed by atoms with Crippen LogP contribution >= 0.6 is 15.9 Å². The number of nitrogens with one attached hydrogen (secondary N) is 1. The Labute approximate surface area is 121 Å². The number of amides is 1. The van der Waals surface area contributed by atoms with Gasteiger partial charge in [0.05, 0.1) is 12.1 Å². The Morgan fingerprint density at radius 1 is 1.47 bits per heavy atom. The fourth-order valence-electron chi connectivity index (χ4n) is 2.80. The summed E-state index contributed by atoms with van der Waals surface area (Å²) >= 11 is 3.49. The minimum absolute atomic E-state index is 0.00514. The molecular weight excluding hydrogens is 308 g/mol. The topological polar surface area (TPSA) is 41.6 Å². The van der Waals surface area contributed by atoms with E-state index in [1.165, 1.54) is 5.56 Å². The van der Waals surface area contributed by atoms with Crippen molar-refractivity contribution in [3.8, 4) is 0 Å². The lowest BCUT2D eigenvalue weighted by Crippen LogP contribution is -2.60. The van der Waals surface area contributed by atoms with E-state index in [1.807, 2.05) is 6.07 Å². The van der Waals surface area contributed by atoms with Crippen LogP contribution < -0.4 is 5.32 Å². The molecule has 0 spiro atoms. The van der Waals surface area contributed by atoms with Gasteiger partial charge in [-0.3, -0.25) is 9.69 Å². The molecule has 102 valence electrons. The molecule has 0 saturated carbocycles. The maximum atomic E-state index is 11.4. The summed E-state index contributed by atoms with van der Waals surface area (Å²) in [7, 11) is 0. The molecule has 3 rings (SSSR count). The number of carbonyl (C=O) groups is 1. The predicted octanol–water partition coefficient (Wildman–Crippen LogP) is 1.54. The molecule has 4 nitrogen and oxygen atoms in total. The Hall–Kier alpha value is -0.910. The molecule has 2 saturated heterocycles. The number of carbonyl (C=O) groups excluding carboxylic acids is 1. The normalized spacial score (nSPS) is 27.7. The molecule has 2 aliphatic heterocycles. The summed E-state index contributed by atoms with van der Waals surface area (Å²) < 4.78 is 6.67. The zero-order valence-corrected chi connectivity index (χ0v) is 12.2. The van der Waals surface area contributed by atoms with Crippen molar-refractivity contribution in [2.75, 3.05) is 19.7 Å². The molecule has 1 amide bonds. The molecule has 1 N–H and O–H groups in total. The Morgan fingerprint density at radius 2 is 2.37 bits per heavy atom. The molecule has 0 bridgehead atoms. The summed E-state index contributed by atoms with van der Waals surface area (Å²) in [4.78, 5) is 13.7. The lowest BCUT2D eigenvalue weighted by atomic mass is 10.00. The molecule has 2 aliphatic rings. The number of halogens is 1. The van der Waals surface area contributed by atoms with Crippen LogP contribution in [-0.2, 0) is 16.1 Å². The minimum atomic E-state index is 0.00514. The van der Waals surface area contributed by atoms with Crippen molar-refractivity contribution < 1.29 is 9.53 Å². The minimum Gasteiger partial charge on any atom is -0.366 e. The van der Waals surface area contributed by atoms with E-state index in [4.69, 9.17) is 4.74 Å². The van der Waals surface area contributed by atoms with Gasteiger partial charge in [0.2, 0.25) is 5.91 Å². The Balaban J connectivity index is 1.62. The molecule has 2 atom stereocenters. The van der Waals surface area contributed by atoms with Gasteiger partial charge in [-0.25, -0.2) is 0 Å². The fraction of sp³-hybridized carbons (Fsp3) is 0.500. The van der Waals surface area contributed by atoms with Gasteiger partial charge in [0, 0.05) is 24.1 Å². The lowest BCUT2D eigenvalue weighted by molar-refractivity contribution is -0.140. The van der Waals surface area contributed by atoms with Crippen molar-refractivity contribution in [1.82, 2.24) is 10.2 Å². The molecule has 1 aromatic carbocycles. The van der Waals surface area contributed by atoms with E-state index < -0.39 is 0 Å². The third-order valence-corrected chi connectivity index (χ3v) is 4.20. The summed E-state index contributed by atoms with van der Waals surface area (Å²) in [6.45, 7) is 3.01. The van der Waals surface area contributed by atoms with Crippen LogP contribution in [0.5, 0.6) is 0 Å². The van der Waals surface area contributed by atoms with Gasteiger partial charge in [-0.05, 0) is 24.1 Å². The number of likely N-dealkylation sites (tertiary alicyclic amines) is 1. The first-order valence-electron chi connectivity index (χ1n) is 6.58. The smallest absolute Gasteiger partial charge is 0.246 e. The molecular formula is C14H17BrN2O2. The highest BCUT2D eigenvalue weighted by Gasteiger charge is 2.34.